The molecule has 0 spiro atoms. The molecule has 1 fully saturated rings. The fraction of sp³-hybridized carbons (Fsp3) is 0.600. The highest BCUT2D eigenvalue weighted by Gasteiger charge is 2.26. The minimum atomic E-state index is -0.391. The first-order valence-corrected chi connectivity index (χ1v) is 7.79. The lowest BCUT2D eigenvalue weighted by atomic mass is 9.92. The first-order valence-electron chi connectivity index (χ1n) is 7.79. The van der Waals surface area contributed by atoms with Crippen LogP contribution in [0.25, 0.3) is 5.78 Å². The van der Waals surface area contributed by atoms with Crippen LogP contribution in [0.1, 0.15) is 34.8 Å². The number of aromatic nitrogens is 4. The van der Waals surface area contributed by atoms with Gasteiger partial charge in [-0.2, -0.15) is 4.98 Å². The summed E-state index contributed by atoms with van der Waals surface area (Å²) in [5.41, 5.74) is 1.69. The van der Waals surface area contributed by atoms with Crippen molar-refractivity contribution in [2.45, 2.75) is 32.7 Å². The molecule has 1 aliphatic rings. The lowest BCUT2D eigenvalue weighted by Gasteiger charge is -2.29. The molecule has 1 unspecified atom stereocenters. The number of nitrogens with one attached hydrogen (secondary N) is 1. The Hall–Kier alpha value is -2.06. The van der Waals surface area contributed by atoms with Crippen LogP contribution in [-0.4, -0.2) is 56.5 Å². The van der Waals surface area contributed by atoms with Crippen molar-refractivity contribution in [1.82, 2.24) is 24.9 Å². The van der Waals surface area contributed by atoms with Gasteiger partial charge in [0.05, 0.1) is 12.6 Å². The van der Waals surface area contributed by atoms with Crippen molar-refractivity contribution in [3.63, 3.8) is 0 Å². The van der Waals surface area contributed by atoms with Crippen LogP contribution < -0.4 is 5.32 Å². The van der Waals surface area contributed by atoms with E-state index in [0.29, 0.717) is 19.0 Å². The van der Waals surface area contributed by atoms with E-state index >= 15 is 0 Å². The van der Waals surface area contributed by atoms with Crippen molar-refractivity contribution in [3.05, 3.63) is 23.3 Å². The number of nitrogens with zero attached hydrogens (tertiary/aromatic N) is 4. The van der Waals surface area contributed by atoms with E-state index in [1.54, 1.807) is 4.52 Å². The summed E-state index contributed by atoms with van der Waals surface area (Å²) >= 11 is 0. The molecular weight excluding hydrogens is 298 g/mol. The lowest BCUT2D eigenvalue weighted by Crippen LogP contribution is -2.45. The highest BCUT2D eigenvalue weighted by atomic mass is 16.5. The molecule has 0 aliphatic carbocycles. The topological polar surface area (TPSA) is 102 Å². The summed E-state index contributed by atoms with van der Waals surface area (Å²) in [6, 6.07) is 1.57. The van der Waals surface area contributed by atoms with Gasteiger partial charge in [0.15, 0.2) is 0 Å². The van der Waals surface area contributed by atoms with Gasteiger partial charge in [0.2, 0.25) is 5.82 Å². The van der Waals surface area contributed by atoms with Gasteiger partial charge in [-0.25, -0.2) is 9.50 Å². The number of amides is 1. The minimum absolute atomic E-state index is 0.0664. The predicted octanol–water partition coefficient (Wildman–Crippen LogP) is 0.258. The Balaban J connectivity index is 1.78. The molecule has 1 atom stereocenters. The highest BCUT2D eigenvalue weighted by molar-refractivity contribution is 5.91. The third kappa shape index (κ3) is 3.32. The van der Waals surface area contributed by atoms with Crippen LogP contribution in [0.3, 0.4) is 0 Å². The smallest absolute Gasteiger partial charge is 0.291 e. The summed E-state index contributed by atoms with van der Waals surface area (Å²) in [5.74, 6) is 0.283. The maximum Gasteiger partial charge on any atom is 0.291 e. The molecule has 0 bridgehead atoms. The number of hydrogen-bond acceptors (Lipinski definition) is 6. The number of rotatable bonds is 4. The summed E-state index contributed by atoms with van der Waals surface area (Å²) in [4.78, 5) is 20.9. The van der Waals surface area contributed by atoms with E-state index in [1.165, 1.54) is 0 Å². The van der Waals surface area contributed by atoms with Crippen LogP contribution in [0, 0.1) is 19.8 Å². The quantitative estimate of drug-likeness (QED) is 0.838. The Morgan fingerprint density at radius 1 is 1.43 bits per heavy atom. The standard InChI is InChI=1S/C15H21N5O3/c1-9-7-10(2)20-15(16-9)18-13(19-20)14(22)17-12(8-21)11-3-5-23-6-4-11/h7,11-12,21H,3-6,8H2,1-2H3,(H,17,22). The molecule has 0 radical (unpaired) electrons. The second kappa shape index (κ2) is 6.59. The van der Waals surface area contributed by atoms with E-state index in [0.717, 1.165) is 24.2 Å². The molecule has 3 rings (SSSR count). The van der Waals surface area contributed by atoms with Crippen molar-refractivity contribution >= 4 is 11.7 Å². The maximum absolute atomic E-state index is 12.4. The van der Waals surface area contributed by atoms with Gasteiger partial charge in [0, 0.05) is 24.6 Å². The monoisotopic (exact) mass is 319 g/mol. The molecule has 2 aromatic heterocycles. The van der Waals surface area contributed by atoms with Gasteiger partial charge in [-0.05, 0) is 38.7 Å². The summed E-state index contributed by atoms with van der Waals surface area (Å²) in [5, 5.41) is 16.6. The molecule has 3 heterocycles. The van der Waals surface area contributed by atoms with E-state index in [9.17, 15) is 9.90 Å². The average molecular weight is 319 g/mol. The average Bonchev–Trinajstić information content (AvgIpc) is 2.97. The molecule has 2 N–H and O–H groups in total. The predicted molar refractivity (Wildman–Crippen MR) is 82.1 cm³/mol. The van der Waals surface area contributed by atoms with Gasteiger partial charge in [-0.1, -0.05) is 0 Å². The Kier molecular flexibility index (Phi) is 4.53. The molecule has 0 saturated carbocycles. The van der Waals surface area contributed by atoms with Crippen molar-refractivity contribution in [3.8, 4) is 0 Å². The number of hydrogen-bond donors (Lipinski definition) is 2. The Morgan fingerprint density at radius 2 is 2.17 bits per heavy atom. The fourth-order valence-electron chi connectivity index (χ4n) is 2.93. The third-order valence-corrected chi connectivity index (χ3v) is 4.17. The largest absolute Gasteiger partial charge is 0.394 e. The van der Waals surface area contributed by atoms with Crippen molar-refractivity contribution in [2.24, 2.45) is 5.92 Å². The van der Waals surface area contributed by atoms with E-state index in [1.807, 2.05) is 19.9 Å². The summed E-state index contributed by atoms with van der Waals surface area (Å²) in [6.07, 6.45) is 1.65. The molecule has 1 aliphatic heterocycles. The first-order chi connectivity index (χ1) is 11.1. The van der Waals surface area contributed by atoms with E-state index in [4.69, 9.17) is 4.74 Å². The van der Waals surface area contributed by atoms with Crippen LogP contribution in [0.2, 0.25) is 0 Å². The van der Waals surface area contributed by atoms with Crippen molar-refractivity contribution < 1.29 is 14.6 Å². The van der Waals surface area contributed by atoms with Gasteiger partial charge in [0.25, 0.3) is 11.7 Å². The number of aliphatic hydroxyl groups excluding tert-OH is 1. The molecular formula is C15H21N5O3. The molecule has 1 saturated heterocycles. The second-order valence-corrected chi connectivity index (χ2v) is 5.90. The highest BCUT2D eigenvalue weighted by Crippen LogP contribution is 2.19. The fourth-order valence-corrected chi connectivity index (χ4v) is 2.93. The van der Waals surface area contributed by atoms with E-state index < -0.39 is 5.91 Å². The number of ether oxygens (including phenoxy) is 1. The van der Waals surface area contributed by atoms with Crippen molar-refractivity contribution in [2.75, 3.05) is 19.8 Å². The van der Waals surface area contributed by atoms with Gasteiger partial charge in [0.1, 0.15) is 0 Å². The third-order valence-electron chi connectivity index (χ3n) is 4.17. The number of fused-ring (bicyclic) bond motifs is 1. The molecule has 8 nitrogen and oxygen atoms in total. The maximum atomic E-state index is 12.4. The van der Waals surface area contributed by atoms with E-state index in [2.05, 4.69) is 20.4 Å². The van der Waals surface area contributed by atoms with Crippen LogP contribution in [0.15, 0.2) is 6.07 Å². The molecule has 8 heteroatoms. The number of aliphatic hydroxyl groups is 1. The van der Waals surface area contributed by atoms with Gasteiger partial charge >= 0.3 is 0 Å². The molecule has 23 heavy (non-hydrogen) atoms. The Morgan fingerprint density at radius 3 is 2.87 bits per heavy atom. The summed E-state index contributed by atoms with van der Waals surface area (Å²) in [6.45, 7) is 4.96. The number of aryl methyl sites for hydroxylation is 2. The van der Waals surface area contributed by atoms with Crippen LogP contribution >= 0.6 is 0 Å². The number of carbonyl (C=O) groups is 1. The molecule has 0 aromatic carbocycles. The molecule has 124 valence electrons. The summed E-state index contributed by atoms with van der Waals surface area (Å²) < 4.78 is 6.86. The SMILES string of the molecule is Cc1cc(C)n2nc(C(=O)NC(CO)C3CCOCC3)nc2n1. The lowest BCUT2D eigenvalue weighted by molar-refractivity contribution is 0.0418. The van der Waals surface area contributed by atoms with Gasteiger partial charge in [-0.15, -0.1) is 5.10 Å². The van der Waals surface area contributed by atoms with Crippen LogP contribution in [0.5, 0.6) is 0 Å². The second-order valence-electron chi connectivity index (χ2n) is 5.90. The first kappa shape index (κ1) is 15.8. The molecule has 1 amide bonds. The van der Waals surface area contributed by atoms with Crippen LogP contribution in [0.4, 0.5) is 0 Å². The Bertz CT molecular complexity index is 708. The zero-order chi connectivity index (χ0) is 16.4. The van der Waals surface area contributed by atoms with Crippen LogP contribution in [-0.2, 0) is 4.74 Å². The molecule has 2 aromatic rings. The normalized spacial score (nSPS) is 17.3. The zero-order valence-corrected chi connectivity index (χ0v) is 13.3. The number of carbonyl (C=O) groups excluding carboxylic acids is 1. The van der Waals surface area contributed by atoms with Crippen molar-refractivity contribution in [1.29, 1.82) is 0 Å². The minimum Gasteiger partial charge on any atom is -0.394 e. The van der Waals surface area contributed by atoms with Gasteiger partial charge in [-0.3, -0.25) is 4.79 Å². The van der Waals surface area contributed by atoms with Gasteiger partial charge < -0.3 is 15.2 Å². The van der Waals surface area contributed by atoms with E-state index in [-0.39, 0.29) is 24.4 Å². The Labute approximate surface area is 133 Å². The zero-order valence-electron chi connectivity index (χ0n) is 13.3. The summed E-state index contributed by atoms with van der Waals surface area (Å²) in [7, 11) is 0.